The number of hydrogen-bond donors (Lipinski definition) is 1. The maximum Gasteiger partial charge on any atom is 0.303 e. The van der Waals surface area contributed by atoms with Gasteiger partial charge in [-0.15, -0.1) is 0 Å². The molecule has 0 unspecified atom stereocenters. The van der Waals surface area contributed by atoms with Gasteiger partial charge in [0.15, 0.2) is 0 Å². The number of nitrogens with zero attached hydrogens (tertiary/aromatic N) is 1. The van der Waals surface area contributed by atoms with Crippen molar-refractivity contribution in [3.63, 3.8) is 0 Å². The van der Waals surface area contributed by atoms with Crippen LogP contribution in [0.1, 0.15) is 17.7 Å². The zero-order valence-electron chi connectivity index (χ0n) is 9.70. The Morgan fingerprint density at radius 1 is 1.44 bits per heavy atom. The van der Waals surface area contributed by atoms with Gasteiger partial charge >= 0.3 is 5.97 Å². The lowest BCUT2D eigenvalue weighted by Crippen LogP contribution is -2.01. The monoisotopic (exact) mass is 359 g/mol. The van der Waals surface area contributed by atoms with Crippen molar-refractivity contribution < 1.29 is 14.3 Å². The third kappa shape index (κ3) is 2.77. The van der Waals surface area contributed by atoms with Crippen LogP contribution in [0.5, 0.6) is 0 Å². The number of aryl methyl sites for hydroxylation is 2. The van der Waals surface area contributed by atoms with Crippen molar-refractivity contribution >= 4 is 39.5 Å². The zero-order valence-corrected chi connectivity index (χ0v) is 11.9. The van der Waals surface area contributed by atoms with E-state index in [2.05, 4.69) is 27.6 Å². The van der Waals surface area contributed by atoms with E-state index in [1.54, 1.807) is 0 Å². The second-order valence-corrected chi connectivity index (χ2v) is 5.35. The van der Waals surface area contributed by atoms with E-state index in [1.165, 1.54) is 6.07 Å². The first-order valence-corrected chi connectivity index (χ1v) is 6.52. The number of carboxylic acids is 1. The summed E-state index contributed by atoms with van der Waals surface area (Å²) in [5, 5.41) is 9.42. The minimum atomic E-state index is -0.877. The van der Waals surface area contributed by atoms with Gasteiger partial charge in [0.05, 0.1) is 6.42 Å². The van der Waals surface area contributed by atoms with Crippen molar-refractivity contribution in [3.05, 3.63) is 38.8 Å². The number of hydrogen-bond acceptors (Lipinski definition) is 2. The normalized spacial score (nSPS) is 10.8. The molecule has 2 rings (SSSR count). The molecular formula is C13H11FINO2. The van der Waals surface area contributed by atoms with E-state index in [1.807, 2.05) is 19.1 Å². The standard InChI is InChI=1S/C13H11FINO2/c1-7-4-9(2-3-12(17)18)16-13-10(7)5-8(15)6-11(13)14/h4-6H,2-3H2,1H3,(H,17,18). The summed E-state index contributed by atoms with van der Waals surface area (Å²) in [5.41, 5.74) is 1.84. The van der Waals surface area contributed by atoms with Crippen LogP contribution in [-0.2, 0) is 11.2 Å². The number of halogens is 2. The second kappa shape index (κ2) is 5.17. The molecule has 0 fully saturated rings. The predicted octanol–water partition coefficient (Wildman–Crippen LogP) is 3.30. The zero-order chi connectivity index (χ0) is 13.3. The molecule has 18 heavy (non-hydrogen) atoms. The van der Waals surface area contributed by atoms with Crippen molar-refractivity contribution in [2.24, 2.45) is 0 Å². The lowest BCUT2D eigenvalue weighted by Gasteiger charge is -2.07. The number of rotatable bonds is 3. The first-order chi connectivity index (χ1) is 8.47. The largest absolute Gasteiger partial charge is 0.481 e. The molecule has 0 bridgehead atoms. The fourth-order valence-corrected chi connectivity index (χ4v) is 2.43. The van der Waals surface area contributed by atoms with E-state index in [4.69, 9.17) is 5.11 Å². The highest BCUT2D eigenvalue weighted by molar-refractivity contribution is 14.1. The molecule has 2 aromatic rings. The topological polar surface area (TPSA) is 50.2 Å². The molecule has 3 nitrogen and oxygen atoms in total. The first-order valence-electron chi connectivity index (χ1n) is 5.44. The molecule has 0 saturated carbocycles. The van der Waals surface area contributed by atoms with Crippen molar-refractivity contribution in [1.29, 1.82) is 0 Å². The molecule has 1 heterocycles. The van der Waals surface area contributed by atoms with Crippen LogP contribution in [0.25, 0.3) is 10.9 Å². The van der Waals surface area contributed by atoms with E-state index in [0.29, 0.717) is 17.6 Å². The van der Waals surface area contributed by atoms with Crippen LogP contribution in [0.4, 0.5) is 4.39 Å². The predicted molar refractivity (Wildman–Crippen MR) is 75.1 cm³/mol. The van der Waals surface area contributed by atoms with E-state index in [-0.39, 0.29) is 12.2 Å². The third-order valence-corrected chi connectivity index (χ3v) is 3.31. The van der Waals surface area contributed by atoms with Crippen molar-refractivity contribution in [3.8, 4) is 0 Å². The Labute approximate surface area is 117 Å². The number of aliphatic carboxylic acids is 1. The molecule has 0 saturated heterocycles. The summed E-state index contributed by atoms with van der Waals surface area (Å²) in [5.74, 6) is -1.24. The molecule has 0 aliphatic heterocycles. The average Bonchev–Trinajstić information content (AvgIpc) is 2.28. The van der Waals surface area contributed by atoms with Gasteiger partial charge in [0.2, 0.25) is 0 Å². The average molecular weight is 359 g/mol. The van der Waals surface area contributed by atoms with Gasteiger partial charge in [0, 0.05) is 21.1 Å². The van der Waals surface area contributed by atoms with Crippen molar-refractivity contribution in [1.82, 2.24) is 4.98 Å². The third-order valence-electron chi connectivity index (χ3n) is 2.69. The molecule has 0 radical (unpaired) electrons. The Balaban J connectivity index is 2.51. The van der Waals surface area contributed by atoms with Crippen LogP contribution in [0.3, 0.4) is 0 Å². The van der Waals surface area contributed by atoms with Gasteiger partial charge in [-0.1, -0.05) is 0 Å². The van der Waals surface area contributed by atoms with E-state index < -0.39 is 5.97 Å². The van der Waals surface area contributed by atoms with Gasteiger partial charge in [-0.05, 0) is 53.3 Å². The number of aromatic nitrogens is 1. The first kappa shape index (κ1) is 13.2. The van der Waals surface area contributed by atoms with Gasteiger partial charge in [0.1, 0.15) is 11.3 Å². The maximum atomic E-state index is 13.8. The van der Waals surface area contributed by atoms with E-state index in [9.17, 15) is 9.18 Å². The fourth-order valence-electron chi connectivity index (χ4n) is 1.85. The number of fused-ring (bicyclic) bond motifs is 1. The Morgan fingerprint density at radius 3 is 2.83 bits per heavy atom. The highest BCUT2D eigenvalue weighted by Gasteiger charge is 2.09. The van der Waals surface area contributed by atoms with Gasteiger partial charge < -0.3 is 5.11 Å². The molecule has 0 atom stereocenters. The Morgan fingerprint density at radius 2 is 2.17 bits per heavy atom. The summed E-state index contributed by atoms with van der Waals surface area (Å²) >= 11 is 2.06. The minimum Gasteiger partial charge on any atom is -0.481 e. The number of carbonyl (C=O) groups is 1. The molecule has 5 heteroatoms. The molecule has 1 aromatic heterocycles. The lowest BCUT2D eigenvalue weighted by molar-refractivity contribution is -0.136. The molecule has 94 valence electrons. The number of benzene rings is 1. The van der Waals surface area contributed by atoms with E-state index >= 15 is 0 Å². The molecule has 0 aliphatic carbocycles. The Hall–Kier alpha value is -1.24. The van der Waals surface area contributed by atoms with Crippen molar-refractivity contribution in [2.75, 3.05) is 0 Å². The highest BCUT2D eigenvalue weighted by atomic mass is 127. The van der Waals surface area contributed by atoms with Crippen LogP contribution >= 0.6 is 22.6 Å². The molecule has 0 spiro atoms. The van der Waals surface area contributed by atoms with E-state index in [0.717, 1.165) is 14.5 Å². The van der Waals surface area contributed by atoms with Crippen molar-refractivity contribution in [2.45, 2.75) is 19.8 Å². The summed E-state index contributed by atoms with van der Waals surface area (Å²) in [6.45, 7) is 1.88. The number of pyridine rings is 1. The van der Waals surface area contributed by atoms with Crippen LogP contribution in [0, 0.1) is 16.3 Å². The van der Waals surface area contributed by atoms with Gasteiger partial charge in [-0.2, -0.15) is 0 Å². The Bertz CT molecular complexity index is 628. The van der Waals surface area contributed by atoms with Crippen LogP contribution in [0.2, 0.25) is 0 Å². The maximum absolute atomic E-state index is 13.8. The fraction of sp³-hybridized carbons (Fsp3) is 0.231. The highest BCUT2D eigenvalue weighted by Crippen LogP contribution is 2.23. The SMILES string of the molecule is Cc1cc(CCC(=O)O)nc2c(F)cc(I)cc12. The quantitative estimate of drug-likeness (QED) is 0.856. The molecule has 1 N–H and O–H groups in total. The van der Waals surface area contributed by atoms with Gasteiger partial charge in [-0.3, -0.25) is 4.79 Å². The second-order valence-electron chi connectivity index (χ2n) is 4.11. The van der Waals surface area contributed by atoms with Crippen LogP contribution in [-0.4, -0.2) is 16.1 Å². The van der Waals surface area contributed by atoms with Gasteiger partial charge in [0.25, 0.3) is 0 Å². The molecule has 0 aliphatic rings. The summed E-state index contributed by atoms with van der Waals surface area (Å²) in [6, 6.07) is 5.12. The van der Waals surface area contributed by atoms with Gasteiger partial charge in [-0.25, -0.2) is 9.37 Å². The van der Waals surface area contributed by atoms with Crippen LogP contribution in [0.15, 0.2) is 18.2 Å². The smallest absolute Gasteiger partial charge is 0.303 e. The molecule has 0 amide bonds. The minimum absolute atomic E-state index is 0.00390. The lowest BCUT2D eigenvalue weighted by atomic mass is 10.1. The molecule has 1 aromatic carbocycles. The summed E-state index contributed by atoms with van der Waals surface area (Å²) in [6.07, 6.45) is 0.321. The molecular weight excluding hydrogens is 348 g/mol. The van der Waals surface area contributed by atoms with Crippen LogP contribution < -0.4 is 0 Å². The Kier molecular flexibility index (Phi) is 3.79. The summed E-state index contributed by atoms with van der Waals surface area (Å²) in [4.78, 5) is 14.7. The summed E-state index contributed by atoms with van der Waals surface area (Å²) in [7, 11) is 0. The number of carboxylic acid groups (broad SMARTS) is 1. The summed E-state index contributed by atoms with van der Waals surface area (Å²) < 4.78 is 14.6.